The van der Waals surface area contributed by atoms with Crippen LogP contribution in [0, 0.1) is 11.6 Å². The molecule has 2 amide bonds. The van der Waals surface area contributed by atoms with Gasteiger partial charge in [-0.25, -0.2) is 13.8 Å². The second-order valence-corrected chi connectivity index (χ2v) is 6.89. The summed E-state index contributed by atoms with van der Waals surface area (Å²) in [6, 6.07) is 8.26. The highest BCUT2D eigenvalue weighted by atomic mass is 32.1. The Morgan fingerprint density at radius 2 is 2.04 bits per heavy atom. The summed E-state index contributed by atoms with van der Waals surface area (Å²) in [5.41, 5.74) is 0.438. The van der Waals surface area contributed by atoms with Crippen molar-refractivity contribution in [3.05, 3.63) is 53.6 Å². The van der Waals surface area contributed by atoms with Gasteiger partial charge < -0.3 is 15.4 Å². The molecule has 0 fully saturated rings. The van der Waals surface area contributed by atoms with Gasteiger partial charge in [0, 0.05) is 19.0 Å². The zero-order valence-corrected chi connectivity index (χ0v) is 15.7. The standard InChI is InChI=1S/C19H17F2N3O3S/c1-27-14-4-2-5-15-17(14)24-19(28-15)23-16(25)6-3-9-22-18(26)12-8-7-11(20)10-13(12)21/h2,4-5,7-8,10H,3,6,9H2,1H3,(H,22,26)(H,23,24,25). The number of nitrogens with one attached hydrogen (secondary N) is 2. The van der Waals surface area contributed by atoms with E-state index >= 15 is 0 Å². The van der Waals surface area contributed by atoms with Crippen molar-refractivity contribution < 1.29 is 23.1 Å². The van der Waals surface area contributed by atoms with Gasteiger partial charge in [-0.3, -0.25) is 9.59 Å². The van der Waals surface area contributed by atoms with Gasteiger partial charge in [-0.2, -0.15) is 0 Å². The van der Waals surface area contributed by atoms with Gasteiger partial charge in [-0.15, -0.1) is 0 Å². The van der Waals surface area contributed by atoms with Gasteiger partial charge in [0.1, 0.15) is 22.9 Å². The van der Waals surface area contributed by atoms with Gasteiger partial charge in [0.2, 0.25) is 5.91 Å². The van der Waals surface area contributed by atoms with E-state index in [1.165, 1.54) is 11.3 Å². The van der Waals surface area contributed by atoms with E-state index in [2.05, 4.69) is 15.6 Å². The summed E-state index contributed by atoms with van der Waals surface area (Å²) in [7, 11) is 1.55. The number of nitrogens with zero attached hydrogens (tertiary/aromatic N) is 1. The fourth-order valence-electron chi connectivity index (χ4n) is 2.54. The molecule has 0 bridgehead atoms. The first-order valence-electron chi connectivity index (χ1n) is 8.44. The first kappa shape index (κ1) is 19.7. The molecule has 2 aromatic carbocycles. The number of methoxy groups -OCH3 is 1. The molecule has 0 unspecified atom stereocenters. The Kier molecular flexibility index (Phi) is 6.15. The van der Waals surface area contributed by atoms with Crippen LogP contribution in [0.25, 0.3) is 10.2 Å². The second-order valence-electron chi connectivity index (χ2n) is 5.86. The molecule has 0 aliphatic rings. The number of halogens is 2. The Balaban J connectivity index is 1.48. The molecule has 0 radical (unpaired) electrons. The van der Waals surface area contributed by atoms with E-state index in [0.717, 1.165) is 16.8 Å². The van der Waals surface area contributed by atoms with E-state index in [-0.39, 0.29) is 24.4 Å². The molecule has 0 aliphatic heterocycles. The minimum atomic E-state index is -0.929. The van der Waals surface area contributed by atoms with Crippen LogP contribution in [0.2, 0.25) is 0 Å². The van der Waals surface area contributed by atoms with E-state index in [1.54, 1.807) is 13.2 Å². The van der Waals surface area contributed by atoms with Crippen molar-refractivity contribution in [1.29, 1.82) is 0 Å². The molecule has 9 heteroatoms. The molecule has 2 N–H and O–H groups in total. The minimum absolute atomic E-state index is 0.152. The normalized spacial score (nSPS) is 10.7. The van der Waals surface area contributed by atoms with Crippen LogP contribution >= 0.6 is 11.3 Å². The fourth-order valence-corrected chi connectivity index (χ4v) is 3.44. The van der Waals surface area contributed by atoms with Gasteiger partial charge in [-0.1, -0.05) is 17.4 Å². The fraction of sp³-hybridized carbons (Fsp3) is 0.211. The third-order valence-corrected chi connectivity index (χ3v) is 4.83. The summed E-state index contributed by atoms with van der Waals surface area (Å²) in [6.45, 7) is 0.177. The molecule has 0 spiro atoms. The number of amides is 2. The van der Waals surface area contributed by atoms with Crippen LogP contribution in [0.5, 0.6) is 5.75 Å². The summed E-state index contributed by atoms with van der Waals surface area (Å²) in [5.74, 6) is -1.96. The number of benzene rings is 2. The molecule has 1 aromatic heterocycles. The number of thiazole rings is 1. The SMILES string of the molecule is COc1cccc2sc(NC(=O)CCCNC(=O)c3ccc(F)cc3F)nc12. The van der Waals surface area contributed by atoms with Crippen molar-refractivity contribution in [2.75, 3.05) is 19.0 Å². The van der Waals surface area contributed by atoms with Crippen LogP contribution in [0.15, 0.2) is 36.4 Å². The summed E-state index contributed by atoms with van der Waals surface area (Å²) in [6.07, 6.45) is 0.508. The highest BCUT2D eigenvalue weighted by molar-refractivity contribution is 7.22. The van der Waals surface area contributed by atoms with Crippen molar-refractivity contribution in [2.24, 2.45) is 0 Å². The summed E-state index contributed by atoms with van der Waals surface area (Å²) in [5, 5.41) is 5.68. The van der Waals surface area contributed by atoms with Gasteiger partial charge >= 0.3 is 0 Å². The molecular weight excluding hydrogens is 388 g/mol. The maximum Gasteiger partial charge on any atom is 0.254 e. The summed E-state index contributed by atoms with van der Waals surface area (Å²) >= 11 is 1.33. The number of rotatable bonds is 7. The lowest BCUT2D eigenvalue weighted by Gasteiger charge is -2.06. The number of anilines is 1. The average molecular weight is 405 g/mol. The van der Waals surface area contributed by atoms with E-state index in [4.69, 9.17) is 4.74 Å². The predicted octanol–water partition coefficient (Wildman–Crippen LogP) is 3.73. The van der Waals surface area contributed by atoms with Crippen molar-refractivity contribution in [3.63, 3.8) is 0 Å². The monoisotopic (exact) mass is 405 g/mol. The number of carbonyl (C=O) groups excluding carboxylic acids is 2. The van der Waals surface area contributed by atoms with Gasteiger partial charge in [0.05, 0.1) is 17.4 Å². The molecule has 0 saturated carbocycles. The lowest BCUT2D eigenvalue weighted by molar-refractivity contribution is -0.116. The van der Waals surface area contributed by atoms with E-state index in [9.17, 15) is 18.4 Å². The van der Waals surface area contributed by atoms with Crippen LogP contribution < -0.4 is 15.4 Å². The quantitative estimate of drug-likeness (QED) is 0.587. The number of aromatic nitrogens is 1. The predicted molar refractivity (Wildman–Crippen MR) is 103 cm³/mol. The first-order chi connectivity index (χ1) is 13.5. The zero-order chi connectivity index (χ0) is 20.1. The molecular formula is C19H17F2N3O3S. The highest BCUT2D eigenvalue weighted by Crippen LogP contribution is 2.32. The Bertz CT molecular complexity index is 1020. The summed E-state index contributed by atoms with van der Waals surface area (Å²) in [4.78, 5) is 28.3. The van der Waals surface area contributed by atoms with Crippen LogP contribution in [0.3, 0.4) is 0 Å². The molecule has 0 aliphatic carbocycles. The number of fused-ring (bicyclic) bond motifs is 1. The number of para-hydroxylation sites is 1. The van der Waals surface area contributed by atoms with Crippen LogP contribution in [-0.2, 0) is 4.79 Å². The maximum atomic E-state index is 13.5. The molecule has 0 saturated heterocycles. The Morgan fingerprint density at radius 3 is 2.79 bits per heavy atom. The molecule has 146 valence electrons. The van der Waals surface area contributed by atoms with E-state index < -0.39 is 17.5 Å². The van der Waals surface area contributed by atoms with Gasteiger partial charge in [-0.05, 0) is 30.7 Å². The Hall–Kier alpha value is -3.07. The Morgan fingerprint density at radius 1 is 1.21 bits per heavy atom. The topological polar surface area (TPSA) is 80.3 Å². The lowest BCUT2D eigenvalue weighted by atomic mass is 10.2. The minimum Gasteiger partial charge on any atom is -0.494 e. The number of hydrogen-bond acceptors (Lipinski definition) is 5. The third-order valence-electron chi connectivity index (χ3n) is 3.89. The van der Waals surface area contributed by atoms with E-state index in [1.807, 2.05) is 12.1 Å². The van der Waals surface area contributed by atoms with Gasteiger partial charge in [0.25, 0.3) is 5.91 Å². The number of ether oxygens (including phenoxy) is 1. The highest BCUT2D eigenvalue weighted by Gasteiger charge is 2.13. The molecule has 28 heavy (non-hydrogen) atoms. The molecule has 0 atom stereocenters. The zero-order valence-electron chi connectivity index (χ0n) is 14.9. The third kappa shape index (κ3) is 4.61. The van der Waals surface area contributed by atoms with Crippen molar-refractivity contribution in [2.45, 2.75) is 12.8 Å². The second kappa shape index (κ2) is 8.75. The van der Waals surface area contributed by atoms with Gasteiger partial charge in [0.15, 0.2) is 5.13 Å². The van der Waals surface area contributed by atoms with E-state index in [0.29, 0.717) is 28.9 Å². The smallest absolute Gasteiger partial charge is 0.254 e. The van der Waals surface area contributed by atoms with Crippen molar-refractivity contribution in [1.82, 2.24) is 10.3 Å². The molecule has 1 heterocycles. The average Bonchev–Trinajstić information content (AvgIpc) is 3.07. The first-order valence-corrected chi connectivity index (χ1v) is 9.26. The van der Waals surface area contributed by atoms with Crippen LogP contribution in [0.1, 0.15) is 23.2 Å². The molecule has 6 nitrogen and oxygen atoms in total. The lowest BCUT2D eigenvalue weighted by Crippen LogP contribution is -2.26. The number of hydrogen-bond donors (Lipinski definition) is 2. The van der Waals surface area contributed by atoms with Crippen LogP contribution in [0.4, 0.5) is 13.9 Å². The summed E-state index contributed by atoms with van der Waals surface area (Å²) < 4.78 is 32.5. The Labute approximate surface area is 163 Å². The maximum absolute atomic E-state index is 13.5. The molecule has 3 aromatic rings. The van der Waals surface area contributed by atoms with Crippen molar-refractivity contribution in [3.8, 4) is 5.75 Å². The van der Waals surface area contributed by atoms with Crippen LogP contribution in [-0.4, -0.2) is 30.5 Å². The van der Waals surface area contributed by atoms with Crippen molar-refractivity contribution >= 4 is 38.5 Å². The molecule has 3 rings (SSSR count). The number of carbonyl (C=O) groups is 2. The largest absolute Gasteiger partial charge is 0.494 e.